The van der Waals surface area contributed by atoms with Crippen molar-refractivity contribution in [2.45, 2.75) is 26.2 Å². The van der Waals surface area contributed by atoms with Gasteiger partial charge in [-0.1, -0.05) is 147 Å². The van der Waals surface area contributed by atoms with E-state index in [1.54, 1.807) is 0 Å². The van der Waals surface area contributed by atoms with Gasteiger partial charge in [0.25, 0.3) is 0 Å². The Morgan fingerprint density at radius 2 is 1.16 bits per heavy atom. The van der Waals surface area contributed by atoms with Crippen LogP contribution in [0.3, 0.4) is 0 Å². The zero-order valence-electron chi connectivity index (χ0n) is 28.5. The number of rotatable bonds is 6. The molecule has 0 aliphatic heterocycles. The van der Waals surface area contributed by atoms with Gasteiger partial charge in [0, 0.05) is 10.9 Å². The van der Waals surface area contributed by atoms with Crippen LogP contribution in [0.5, 0.6) is 0 Å². The molecule has 0 spiro atoms. The van der Waals surface area contributed by atoms with Crippen molar-refractivity contribution in [3.8, 4) is 33.7 Å². The zero-order valence-corrected chi connectivity index (χ0v) is 28.5. The summed E-state index contributed by atoms with van der Waals surface area (Å²) in [5.41, 5.74) is 9.09. The van der Waals surface area contributed by atoms with Crippen LogP contribution in [0, 0.1) is 0 Å². The predicted molar refractivity (Wildman–Crippen MR) is 216 cm³/mol. The van der Waals surface area contributed by atoms with Gasteiger partial charge < -0.3 is 4.42 Å². The molecule has 0 amide bonds. The van der Waals surface area contributed by atoms with Crippen LogP contribution in [-0.4, -0.2) is 4.98 Å². The molecule has 10 aromatic rings. The van der Waals surface area contributed by atoms with E-state index in [0.717, 1.165) is 33.9 Å². The van der Waals surface area contributed by atoms with Gasteiger partial charge in [-0.25, -0.2) is 4.98 Å². The molecule has 9 aromatic carbocycles. The second-order valence-electron chi connectivity index (χ2n) is 13.7. The largest absolute Gasteiger partial charge is 0.435 e. The van der Waals surface area contributed by atoms with Crippen LogP contribution >= 0.6 is 0 Å². The van der Waals surface area contributed by atoms with Gasteiger partial charge in [0.2, 0.25) is 5.89 Å². The van der Waals surface area contributed by atoms with Crippen LogP contribution in [0.1, 0.15) is 25.3 Å². The van der Waals surface area contributed by atoms with Gasteiger partial charge in [0.05, 0.1) is 0 Å². The van der Waals surface area contributed by atoms with Gasteiger partial charge >= 0.3 is 0 Å². The third-order valence-electron chi connectivity index (χ3n) is 10.6. The second kappa shape index (κ2) is 12.0. The number of oxazole rings is 1. The lowest BCUT2D eigenvalue weighted by molar-refractivity contribution is 0.623. The Labute approximate surface area is 296 Å². The molecule has 51 heavy (non-hydrogen) atoms. The van der Waals surface area contributed by atoms with Crippen molar-refractivity contribution in [2.75, 3.05) is 0 Å². The Bertz CT molecular complexity index is 2900. The van der Waals surface area contributed by atoms with Gasteiger partial charge in [0.1, 0.15) is 5.52 Å². The summed E-state index contributed by atoms with van der Waals surface area (Å²) in [4.78, 5) is 4.98. The van der Waals surface area contributed by atoms with Gasteiger partial charge in [-0.05, 0) is 113 Å². The Hall–Kier alpha value is -6.25. The first-order valence-corrected chi connectivity index (χ1v) is 18.0. The van der Waals surface area contributed by atoms with Crippen molar-refractivity contribution in [1.82, 2.24) is 4.98 Å². The maximum atomic E-state index is 6.64. The molecule has 2 heteroatoms. The van der Waals surface area contributed by atoms with Gasteiger partial charge in [-0.15, -0.1) is 0 Å². The molecule has 0 bridgehead atoms. The van der Waals surface area contributed by atoms with Crippen LogP contribution in [0.25, 0.3) is 98.7 Å². The Morgan fingerprint density at radius 3 is 1.94 bits per heavy atom. The fourth-order valence-electron chi connectivity index (χ4n) is 8.22. The van der Waals surface area contributed by atoms with Crippen molar-refractivity contribution in [3.63, 3.8) is 0 Å². The summed E-state index contributed by atoms with van der Waals surface area (Å²) in [6.45, 7) is 2.23. The zero-order chi connectivity index (χ0) is 33.9. The van der Waals surface area contributed by atoms with Crippen molar-refractivity contribution in [1.29, 1.82) is 0 Å². The summed E-state index contributed by atoms with van der Waals surface area (Å²) in [5.74, 6) is 0.675. The topological polar surface area (TPSA) is 26.0 Å². The molecule has 242 valence electrons. The third kappa shape index (κ3) is 4.82. The fourth-order valence-corrected chi connectivity index (χ4v) is 8.22. The molecule has 1 heterocycles. The molecule has 1 aromatic heterocycles. The lowest BCUT2D eigenvalue weighted by atomic mass is 9.84. The van der Waals surface area contributed by atoms with E-state index in [1.807, 2.05) is 0 Å². The first kappa shape index (κ1) is 29.6. The van der Waals surface area contributed by atoms with E-state index in [1.165, 1.54) is 83.7 Å². The van der Waals surface area contributed by atoms with E-state index in [2.05, 4.69) is 165 Å². The molecule has 0 fully saturated rings. The molecule has 0 unspecified atom stereocenters. The molecule has 10 rings (SSSR count). The SMILES string of the molecule is CCCCc1cccc(-c2nc3ccc4ccc5cc(-c6c7ccccc7c(-c7cccc8ccccc78)c7ccccc67)ccc5c4c3o2)c1. The summed E-state index contributed by atoms with van der Waals surface area (Å²) in [6, 6.07) is 57.5. The molecule has 2 nitrogen and oxygen atoms in total. The van der Waals surface area contributed by atoms with Crippen LogP contribution in [0.4, 0.5) is 0 Å². The van der Waals surface area contributed by atoms with Crippen molar-refractivity contribution in [2.24, 2.45) is 0 Å². The first-order valence-electron chi connectivity index (χ1n) is 18.0. The average Bonchev–Trinajstić information content (AvgIpc) is 3.64. The van der Waals surface area contributed by atoms with E-state index in [9.17, 15) is 0 Å². The lowest BCUT2D eigenvalue weighted by Crippen LogP contribution is -1.91. The normalized spacial score (nSPS) is 11.9. The number of nitrogens with zero attached hydrogens (tertiary/aromatic N) is 1. The highest BCUT2D eigenvalue weighted by Crippen LogP contribution is 2.46. The van der Waals surface area contributed by atoms with Crippen molar-refractivity contribution in [3.05, 3.63) is 163 Å². The number of aromatic nitrogens is 1. The van der Waals surface area contributed by atoms with Gasteiger partial charge in [-0.3, -0.25) is 0 Å². The standard InChI is InChI=1S/C49H35NO/c1-2-3-12-31-13-10-16-36(29-31)49-50-44-28-26-33-23-24-34-30-35(25-27-38(34)46(33)48(44)51-49)45-40-18-6-8-20-42(40)47(43-21-9-7-19-41(43)45)39-22-11-15-32-14-4-5-17-37(32)39/h4-11,13-30H,2-3,12H2,1H3. The Kier molecular flexibility index (Phi) is 6.95. The number of hydrogen-bond acceptors (Lipinski definition) is 2. The molecule has 0 saturated carbocycles. The van der Waals surface area contributed by atoms with E-state index < -0.39 is 0 Å². The van der Waals surface area contributed by atoms with Crippen LogP contribution in [-0.2, 0) is 6.42 Å². The van der Waals surface area contributed by atoms with Crippen LogP contribution in [0.15, 0.2) is 162 Å². The summed E-state index contributed by atoms with van der Waals surface area (Å²) in [5, 5.41) is 12.2. The third-order valence-corrected chi connectivity index (χ3v) is 10.6. The minimum atomic E-state index is 0.675. The Morgan fingerprint density at radius 1 is 0.490 bits per heavy atom. The summed E-state index contributed by atoms with van der Waals surface area (Å²) >= 11 is 0. The monoisotopic (exact) mass is 653 g/mol. The van der Waals surface area contributed by atoms with Gasteiger partial charge in [-0.2, -0.15) is 0 Å². The van der Waals surface area contributed by atoms with Gasteiger partial charge in [0.15, 0.2) is 5.58 Å². The number of unbranched alkanes of at least 4 members (excludes halogenated alkanes) is 1. The average molecular weight is 654 g/mol. The number of fused-ring (bicyclic) bond motifs is 8. The second-order valence-corrected chi connectivity index (χ2v) is 13.7. The molecular weight excluding hydrogens is 619 g/mol. The van der Waals surface area contributed by atoms with Crippen LogP contribution in [0.2, 0.25) is 0 Å². The molecular formula is C49H35NO. The molecule has 0 saturated heterocycles. The maximum absolute atomic E-state index is 6.64. The highest BCUT2D eigenvalue weighted by molar-refractivity contribution is 6.24. The Balaban J connectivity index is 1.18. The van der Waals surface area contributed by atoms with E-state index in [4.69, 9.17) is 9.40 Å². The van der Waals surface area contributed by atoms with E-state index in [0.29, 0.717) is 5.89 Å². The highest BCUT2D eigenvalue weighted by Gasteiger charge is 2.19. The summed E-state index contributed by atoms with van der Waals surface area (Å²) in [7, 11) is 0. The predicted octanol–water partition coefficient (Wildman–Crippen LogP) is 13.9. The molecule has 0 aliphatic carbocycles. The number of benzene rings is 9. The smallest absolute Gasteiger partial charge is 0.227 e. The minimum absolute atomic E-state index is 0.675. The highest BCUT2D eigenvalue weighted by atomic mass is 16.3. The molecule has 0 aliphatic rings. The number of aryl methyl sites for hydroxylation is 1. The lowest BCUT2D eigenvalue weighted by Gasteiger charge is -2.19. The number of hydrogen-bond donors (Lipinski definition) is 0. The first-order chi connectivity index (χ1) is 25.2. The molecule has 0 atom stereocenters. The molecule has 0 N–H and O–H groups in total. The fraction of sp³-hybridized carbons (Fsp3) is 0.0816. The maximum Gasteiger partial charge on any atom is 0.227 e. The van der Waals surface area contributed by atoms with E-state index >= 15 is 0 Å². The minimum Gasteiger partial charge on any atom is -0.435 e. The van der Waals surface area contributed by atoms with E-state index in [-0.39, 0.29) is 0 Å². The molecule has 0 radical (unpaired) electrons. The van der Waals surface area contributed by atoms with Crippen LogP contribution < -0.4 is 0 Å². The quantitative estimate of drug-likeness (QED) is 0.132. The van der Waals surface area contributed by atoms with Crippen molar-refractivity contribution >= 4 is 65.0 Å². The summed E-state index contributed by atoms with van der Waals surface area (Å²) < 4.78 is 6.64. The summed E-state index contributed by atoms with van der Waals surface area (Å²) in [6.07, 6.45) is 3.42. The van der Waals surface area contributed by atoms with Crippen molar-refractivity contribution < 1.29 is 4.42 Å².